The summed E-state index contributed by atoms with van der Waals surface area (Å²) in [5.74, 6) is 0.710. The number of fused-ring (bicyclic) bond motifs is 4. The number of benzene rings is 1. The number of aromatic amines is 1. The van der Waals surface area contributed by atoms with Gasteiger partial charge in [-0.05, 0) is 43.4 Å². The molecule has 2 bridgehead atoms. The van der Waals surface area contributed by atoms with Gasteiger partial charge in [-0.15, -0.1) is 0 Å². The quantitative estimate of drug-likeness (QED) is 0.853. The van der Waals surface area contributed by atoms with Gasteiger partial charge in [-0.2, -0.15) is 0 Å². The first kappa shape index (κ1) is 18.2. The first-order valence-corrected chi connectivity index (χ1v) is 9.88. The van der Waals surface area contributed by atoms with Crippen molar-refractivity contribution in [1.29, 1.82) is 0 Å². The van der Waals surface area contributed by atoms with Gasteiger partial charge in [0.15, 0.2) is 0 Å². The molecule has 2 N–H and O–H groups in total. The molecule has 0 aliphatic carbocycles. The average molecular weight is 367 g/mol. The van der Waals surface area contributed by atoms with Gasteiger partial charge in [-0.25, -0.2) is 4.98 Å². The molecule has 4 heterocycles. The topological polar surface area (TPSA) is 64.3 Å². The van der Waals surface area contributed by atoms with Crippen LogP contribution in [0.3, 0.4) is 0 Å². The van der Waals surface area contributed by atoms with Crippen molar-refractivity contribution in [2.24, 2.45) is 5.92 Å². The van der Waals surface area contributed by atoms with Crippen molar-refractivity contribution in [3.63, 3.8) is 0 Å². The molecule has 6 nitrogen and oxygen atoms in total. The van der Waals surface area contributed by atoms with Crippen molar-refractivity contribution in [2.75, 3.05) is 25.0 Å². The van der Waals surface area contributed by atoms with Gasteiger partial charge in [0.1, 0.15) is 0 Å². The fraction of sp³-hybridized carbons (Fsp3) is 0.524. The third-order valence-corrected chi connectivity index (χ3v) is 5.87. The highest BCUT2D eigenvalue weighted by Crippen LogP contribution is 2.30. The summed E-state index contributed by atoms with van der Waals surface area (Å²) in [6, 6.07) is 8.88. The summed E-state index contributed by atoms with van der Waals surface area (Å²) in [4.78, 5) is 24.1. The van der Waals surface area contributed by atoms with Gasteiger partial charge in [0.25, 0.3) is 0 Å². The smallest absolute Gasteiger partial charge is 0.221 e. The summed E-state index contributed by atoms with van der Waals surface area (Å²) in [7, 11) is 0. The van der Waals surface area contributed by atoms with E-state index in [0.29, 0.717) is 6.04 Å². The van der Waals surface area contributed by atoms with Crippen LogP contribution in [0.4, 0.5) is 5.69 Å². The number of aryl methyl sites for hydroxylation is 1. The number of anilines is 1. The maximum atomic E-state index is 11.2. The van der Waals surface area contributed by atoms with E-state index in [-0.39, 0.29) is 5.91 Å². The Labute approximate surface area is 161 Å². The van der Waals surface area contributed by atoms with Crippen LogP contribution >= 0.6 is 0 Å². The number of carbonyl (C=O) groups excluding carboxylic acids is 1. The predicted molar refractivity (Wildman–Crippen MR) is 106 cm³/mol. The normalized spacial score (nSPS) is 23.3. The van der Waals surface area contributed by atoms with Crippen LogP contribution in [0, 0.1) is 12.8 Å². The van der Waals surface area contributed by atoms with Crippen molar-refractivity contribution in [1.82, 2.24) is 19.8 Å². The average Bonchev–Trinajstić information content (AvgIpc) is 2.85. The van der Waals surface area contributed by atoms with E-state index in [2.05, 4.69) is 44.1 Å². The molecule has 6 heteroatoms. The highest BCUT2D eigenvalue weighted by atomic mass is 16.1. The number of nitrogens with zero attached hydrogens (tertiary/aromatic N) is 3. The molecular weight excluding hydrogens is 338 g/mol. The van der Waals surface area contributed by atoms with Crippen molar-refractivity contribution in [3.8, 4) is 0 Å². The first-order chi connectivity index (χ1) is 13.1. The molecule has 27 heavy (non-hydrogen) atoms. The Balaban J connectivity index is 1.40. The van der Waals surface area contributed by atoms with Gasteiger partial charge in [-0.3, -0.25) is 14.6 Å². The lowest BCUT2D eigenvalue weighted by atomic mass is 9.94. The van der Waals surface area contributed by atoms with Crippen LogP contribution in [-0.2, 0) is 17.9 Å². The number of rotatable bonds is 5. The molecule has 0 spiro atoms. The van der Waals surface area contributed by atoms with Gasteiger partial charge in [-0.1, -0.05) is 12.1 Å². The second-order valence-corrected chi connectivity index (χ2v) is 8.07. The van der Waals surface area contributed by atoms with E-state index < -0.39 is 0 Å². The van der Waals surface area contributed by atoms with Crippen LogP contribution in [0.5, 0.6) is 0 Å². The van der Waals surface area contributed by atoms with Gasteiger partial charge >= 0.3 is 0 Å². The fourth-order valence-electron chi connectivity index (χ4n) is 4.49. The van der Waals surface area contributed by atoms with Crippen LogP contribution in [0.1, 0.15) is 36.7 Å². The van der Waals surface area contributed by atoms with Crippen LogP contribution in [0.2, 0.25) is 0 Å². The Morgan fingerprint density at radius 1 is 1.19 bits per heavy atom. The van der Waals surface area contributed by atoms with Crippen molar-refractivity contribution < 1.29 is 4.79 Å². The van der Waals surface area contributed by atoms with E-state index in [0.717, 1.165) is 31.2 Å². The lowest BCUT2D eigenvalue weighted by Crippen LogP contribution is -2.43. The zero-order chi connectivity index (χ0) is 18.8. The highest BCUT2D eigenvalue weighted by Gasteiger charge is 2.34. The van der Waals surface area contributed by atoms with E-state index in [1.165, 1.54) is 49.8 Å². The van der Waals surface area contributed by atoms with Crippen LogP contribution in [-0.4, -0.2) is 51.4 Å². The Hall–Kier alpha value is -2.18. The molecule has 5 rings (SSSR count). The van der Waals surface area contributed by atoms with Crippen LogP contribution < -0.4 is 5.32 Å². The van der Waals surface area contributed by atoms with E-state index in [9.17, 15) is 4.79 Å². The number of hydrogen-bond donors (Lipinski definition) is 2. The third kappa shape index (κ3) is 4.39. The molecule has 0 saturated carbocycles. The number of nitrogens with one attached hydrogen (secondary N) is 2. The molecule has 1 amide bonds. The SMILES string of the molecule is CC(=O)Nc1ccc(CN2C[C@H]3CC[C@@H]2CN(Cc2nc[nH]c2C)C3)cc1. The largest absolute Gasteiger partial charge is 0.348 e. The Kier molecular flexibility index (Phi) is 5.27. The zero-order valence-corrected chi connectivity index (χ0v) is 16.2. The molecule has 0 radical (unpaired) electrons. The van der Waals surface area contributed by atoms with E-state index >= 15 is 0 Å². The Bertz CT molecular complexity index is 784. The molecule has 2 aromatic rings. The number of carbonyl (C=O) groups is 1. The van der Waals surface area contributed by atoms with Crippen molar-refractivity contribution in [3.05, 3.63) is 47.5 Å². The van der Waals surface area contributed by atoms with Crippen LogP contribution in [0.15, 0.2) is 30.6 Å². The molecule has 3 saturated heterocycles. The summed E-state index contributed by atoms with van der Waals surface area (Å²) >= 11 is 0. The summed E-state index contributed by atoms with van der Waals surface area (Å²) in [6.45, 7) is 9.03. The molecular formula is C21H29N5O. The van der Waals surface area contributed by atoms with Crippen molar-refractivity contribution >= 4 is 11.6 Å². The second kappa shape index (κ2) is 7.82. The number of aromatic nitrogens is 2. The van der Waals surface area contributed by atoms with Gasteiger partial charge in [0, 0.05) is 57.1 Å². The lowest BCUT2D eigenvalue weighted by Gasteiger charge is -2.36. The van der Waals surface area contributed by atoms with E-state index in [1.54, 1.807) is 6.33 Å². The minimum atomic E-state index is -0.0279. The van der Waals surface area contributed by atoms with Crippen molar-refractivity contribution in [2.45, 2.75) is 45.8 Å². The standard InChI is InChI=1S/C21H29N5O/c1-15-21(23-14-22-15)13-25-9-18-5-8-20(12-25)26(11-18)10-17-3-6-19(7-4-17)24-16(2)27/h3-4,6-7,14,18,20H,5,8-13H2,1-2H3,(H,22,23)(H,24,27)/t18-,20+/m0/s1. The van der Waals surface area contributed by atoms with E-state index in [4.69, 9.17) is 0 Å². The second-order valence-electron chi connectivity index (χ2n) is 8.07. The first-order valence-electron chi connectivity index (χ1n) is 9.88. The Morgan fingerprint density at radius 3 is 2.70 bits per heavy atom. The molecule has 1 aromatic heterocycles. The number of piperidine rings is 1. The van der Waals surface area contributed by atoms with Crippen LogP contribution in [0.25, 0.3) is 0 Å². The van der Waals surface area contributed by atoms with Gasteiger partial charge in [0.05, 0.1) is 12.0 Å². The number of H-pyrrole nitrogens is 1. The third-order valence-electron chi connectivity index (χ3n) is 5.87. The summed E-state index contributed by atoms with van der Waals surface area (Å²) in [6.07, 6.45) is 4.41. The minimum Gasteiger partial charge on any atom is -0.348 e. The zero-order valence-electron chi connectivity index (χ0n) is 16.2. The van der Waals surface area contributed by atoms with Gasteiger partial charge in [0.2, 0.25) is 5.91 Å². The van der Waals surface area contributed by atoms with Gasteiger partial charge < -0.3 is 10.3 Å². The summed E-state index contributed by atoms with van der Waals surface area (Å²) in [5.41, 5.74) is 4.54. The summed E-state index contributed by atoms with van der Waals surface area (Å²) < 4.78 is 0. The molecule has 144 valence electrons. The minimum absolute atomic E-state index is 0.0279. The molecule has 3 aliphatic heterocycles. The maximum absolute atomic E-state index is 11.2. The maximum Gasteiger partial charge on any atom is 0.221 e. The Morgan fingerprint density at radius 2 is 2.00 bits per heavy atom. The molecule has 2 atom stereocenters. The molecule has 3 aliphatic rings. The highest BCUT2D eigenvalue weighted by molar-refractivity contribution is 5.88. The molecule has 3 fully saturated rings. The monoisotopic (exact) mass is 367 g/mol. The number of hydrogen-bond acceptors (Lipinski definition) is 4. The molecule has 1 aromatic carbocycles. The fourth-order valence-corrected chi connectivity index (χ4v) is 4.49. The lowest BCUT2D eigenvalue weighted by molar-refractivity contribution is -0.114. The number of amides is 1. The summed E-state index contributed by atoms with van der Waals surface area (Å²) in [5, 5.41) is 2.84. The molecule has 0 unspecified atom stereocenters. The number of imidazole rings is 1. The van der Waals surface area contributed by atoms with E-state index in [1.807, 2.05) is 12.1 Å². The predicted octanol–water partition coefficient (Wildman–Crippen LogP) is 2.77.